The van der Waals surface area contributed by atoms with Crippen LogP contribution in [0.15, 0.2) is 72.8 Å². The van der Waals surface area contributed by atoms with Crippen LogP contribution >= 0.6 is 0 Å². The summed E-state index contributed by atoms with van der Waals surface area (Å²) in [7, 11) is 0. The Morgan fingerprint density at radius 2 is 0.950 bits per heavy atom. The fourth-order valence-corrected chi connectivity index (χ4v) is 2.82. The number of hydrogen-bond donors (Lipinski definition) is 0. The fourth-order valence-electron chi connectivity index (χ4n) is 2.82. The zero-order valence-electron chi connectivity index (χ0n) is 12.0. The van der Waals surface area contributed by atoms with E-state index in [4.69, 9.17) is 1.37 Å². The maximum atomic E-state index is 8.42. The van der Waals surface area contributed by atoms with Gasteiger partial charge in [-0.25, -0.2) is 0 Å². The first kappa shape index (κ1) is 10.2. The highest BCUT2D eigenvalue weighted by molar-refractivity contribution is 5.95. The van der Waals surface area contributed by atoms with Crippen LogP contribution in [-0.2, 0) is 0 Å². The molecule has 1 aliphatic carbocycles. The molecule has 0 heterocycles. The Balaban J connectivity index is 2.16. The van der Waals surface area contributed by atoms with Gasteiger partial charge in [0.2, 0.25) is 0 Å². The maximum absolute atomic E-state index is 8.42. The summed E-state index contributed by atoms with van der Waals surface area (Å²) in [5.41, 5.74) is 6.82. The SMILES string of the molecule is [2H]/C1=C/c2ccccc2-c2ccccc2-c2ccccc21. The molecule has 1 aliphatic rings. The Kier molecular flexibility index (Phi) is 2.30. The van der Waals surface area contributed by atoms with Gasteiger partial charge in [-0.15, -0.1) is 0 Å². The van der Waals surface area contributed by atoms with E-state index in [2.05, 4.69) is 48.5 Å². The van der Waals surface area contributed by atoms with Crippen molar-refractivity contribution in [3.05, 3.63) is 83.9 Å². The van der Waals surface area contributed by atoms with E-state index >= 15 is 0 Å². The molecule has 0 saturated heterocycles. The van der Waals surface area contributed by atoms with Crippen molar-refractivity contribution < 1.29 is 1.37 Å². The van der Waals surface area contributed by atoms with E-state index in [1.165, 1.54) is 16.7 Å². The van der Waals surface area contributed by atoms with Gasteiger partial charge in [-0.3, -0.25) is 0 Å². The molecule has 0 spiro atoms. The molecule has 0 amide bonds. The molecule has 0 aliphatic heterocycles. The van der Waals surface area contributed by atoms with Crippen LogP contribution in [0.2, 0.25) is 0 Å². The monoisotopic (exact) mass is 255 g/mol. The summed E-state index contributed by atoms with van der Waals surface area (Å²) < 4.78 is 8.42. The number of rotatable bonds is 0. The predicted molar refractivity (Wildman–Crippen MR) is 86.2 cm³/mol. The van der Waals surface area contributed by atoms with Crippen molar-refractivity contribution in [1.82, 2.24) is 0 Å². The molecular weight excluding hydrogens is 240 g/mol. The van der Waals surface area contributed by atoms with Crippen molar-refractivity contribution in [1.29, 1.82) is 0 Å². The first-order valence-corrected chi connectivity index (χ1v) is 6.81. The molecule has 0 unspecified atom stereocenters. The van der Waals surface area contributed by atoms with Crippen molar-refractivity contribution >= 4 is 12.1 Å². The van der Waals surface area contributed by atoms with E-state index in [0.717, 1.165) is 16.7 Å². The summed E-state index contributed by atoms with van der Waals surface area (Å²) in [4.78, 5) is 0. The molecule has 0 atom stereocenters. The molecule has 0 aromatic heterocycles. The zero-order valence-corrected chi connectivity index (χ0v) is 11.0. The minimum Gasteiger partial charge on any atom is -0.0616 e. The molecule has 3 aromatic rings. The third-order valence-corrected chi connectivity index (χ3v) is 3.78. The zero-order chi connectivity index (χ0) is 14.2. The van der Waals surface area contributed by atoms with Crippen molar-refractivity contribution in [2.45, 2.75) is 0 Å². The number of hydrogen-bond acceptors (Lipinski definition) is 0. The van der Waals surface area contributed by atoms with Crippen LogP contribution in [-0.4, -0.2) is 0 Å². The average Bonchev–Trinajstić information content (AvgIpc) is 2.54. The van der Waals surface area contributed by atoms with Gasteiger partial charge in [0, 0.05) is 0 Å². The van der Waals surface area contributed by atoms with Crippen LogP contribution in [0.25, 0.3) is 34.4 Å². The normalized spacial score (nSPS) is 15.6. The molecule has 0 heteroatoms. The van der Waals surface area contributed by atoms with Crippen molar-refractivity contribution in [2.24, 2.45) is 0 Å². The molecule has 0 bridgehead atoms. The minimum absolute atomic E-state index is 0.563. The average molecular weight is 255 g/mol. The molecule has 0 fully saturated rings. The summed E-state index contributed by atoms with van der Waals surface area (Å²) in [5, 5.41) is 0. The van der Waals surface area contributed by atoms with Gasteiger partial charge in [-0.1, -0.05) is 84.9 Å². The summed E-state index contributed by atoms with van der Waals surface area (Å²) in [6, 6.07) is 25.5. The van der Waals surface area contributed by atoms with Crippen molar-refractivity contribution in [3.63, 3.8) is 0 Å². The lowest BCUT2D eigenvalue weighted by atomic mass is 9.87. The maximum Gasteiger partial charge on any atom is 0.0629 e. The van der Waals surface area contributed by atoms with Gasteiger partial charge in [-0.2, -0.15) is 0 Å². The second kappa shape index (κ2) is 4.50. The van der Waals surface area contributed by atoms with E-state index in [0.29, 0.717) is 6.05 Å². The van der Waals surface area contributed by atoms with E-state index in [1.54, 1.807) is 0 Å². The Morgan fingerprint density at radius 1 is 0.500 bits per heavy atom. The first-order valence-electron chi connectivity index (χ1n) is 7.31. The quantitative estimate of drug-likeness (QED) is 0.497. The Hall–Kier alpha value is -2.60. The molecule has 4 rings (SSSR count). The Labute approximate surface area is 120 Å². The second-order valence-electron chi connectivity index (χ2n) is 4.97. The van der Waals surface area contributed by atoms with Gasteiger partial charge in [0.25, 0.3) is 0 Å². The van der Waals surface area contributed by atoms with E-state index in [1.807, 2.05) is 30.3 Å². The molecule has 3 aromatic carbocycles. The smallest absolute Gasteiger partial charge is 0.0616 e. The molecular formula is C20H14. The van der Waals surface area contributed by atoms with Gasteiger partial charge in [0.1, 0.15) is 0 Å². The lowest BCUT2D eigenvalue weighted by Gasteiger charge is -2.16. The number of benzene rings is 3. The predicted octanol–water partition coefficient (Wildman–Crippen LogP) is 5.50. The Morgan fingerprint density at radius 3 is 1.60 bits per heavy atom. The molecule has 0 N–H and O–H groups in total. The third-order valence-electron chi connectivity index (χ3n) is 3.78. The standard InChI is InChI=1S/C20H14/c1-3-9-17-15(7-1)13-14-16-8-2-4-10-18(16)20-12-6-5-11-19(17)20/h1-14H/b14-13-,15-13?,16-14?,19-17?,20-18?/i13D. The minimum atomic E-state index is 0.563. The van der Waals surface area contributed by atoms with Gasteiger partial charge in [-0.05, 0) is 33.4 Å². The van der Waals surface area contributed by atoms with Crippen LogP contribution in [0.4, 0.5) is 0 Å². The van der Waals surface area contributed by atoms with Crippen molar-refractivity contribution in [2.75, 3.05) is 0 Å². The van der Waals surface area contributed by atoms with Gasteiger partial charge in [0.15, 0.2) is 0 Å². The van der Waals surface area contributed by atoms with Crippen molar-refractivity contribution in [3.8, 4) is 22.3 Å². The highest BCUT2D eigenvalue weighted by Crippen LogP contribution is 2.38. The molecule has 0 radical (unpaired) electrons. The highest BCUT2D eigenvalue weighted by atomic mass is 14.2. The lowest BCUT2D eigenvalue weighted by Crippen LogP contribution is -1.92. The largest absolute Gasteiger partial charge is 0.0629 e. The van der Waals surface area contributed by atoms with Gasteiger partial charge in [0.05, 0.1) is 1.37 Å². The molecule has 20 heavy (non-hydrogen) atoms. The van der Waals surface area contributed by atoms with Crippen LogP contribution < -0.4 is 0 Å². The lowest BCUT2D eigenvalue weighted by molar-refractivity contribution is 1.54. The third kappa shape index (κ3) is 1.70. The summed E-state index contributed by atoms with van der Waals surface area (Å²) >= 11 is 0. The topological polar surface area (TPSA) is 0 Å². The number of fused-ring (bicyclic) bond motifs is 5. The van der Waals surface area contributed by atoms with E-state index in [-0.39, 0.29) is 0 Å². The van der Waals surface area contributed by atoms with Crippen LogP contribution in [0.1, 0.15) is 12.5 Å². The van der Waals surface area contributed by atoms with Crippen LogP contribution in [0.5, 0.6) is 0 Å². The van der Waals surface area contributed by atoms with E-state index in [9.17, 15) is 0 Å². The molecule has 0 saturated carbocycles. The highest BCUT2D eigenvalue weighted by Gasteiger charge is 2.13. The molecule has 94 valence electrons. The fraction of sp³-hybridized carbons (Fsp3) is 0. The molecule has 0 nitrogen and oxygen atoms in total. The first-order chi connectivity index (χ1) is 10.3. The van der Waals surface area contributed by atoms with Crippen LogP contribution in [0.3, 0.4) is 0 Å². The summed E-state index contributed by atoms with van der Waals surface area (Å²) in [6.45, 7) is 0. The van der Waals surface area contributed by atoms with Gasteiger partial charge < -0.3 is 0 Å². The van der Waals surface area contributed by atoms with Gasteiger partial charge >= 0.3 is 0 Å². The second-order valence-corrected chi connectivity index (χ2v) is 4.97. The Bertz CT molecular complexity index is 859. The summed E-state index contributed by atoms with van der Waals surface area (Å²) in [5.74, 6) is 0. The van der Waals surface area contributed by atoms with Crippen LogP contribution in [0, 0.1) is 0 Å². The van der Waals surface area contributed by atoms with E-state index < -0.39 is 0 Å². The summed E-state index contributed by atoms with van der Waals surface area (Å²) in [6.07, 6.45) is 1.96.